The molecule has 2 nitrogen and oxygen atoms in total. The average Bonchev–Trinajstić information content (AvgIpc) is 2.80. The van der Waals surface area contributed by atoms with Crippen molar-refractivity contribution in [2.75, 3.05) is 27.2 Å². The van der Waals surface area contributed by atoms with E-state index in [9.17, 15) is 0 Å². The molecule has 1 aromatic carbocycles. The quantitative estimate of drug-likeness (QED) is 0.815. The Morgan fingerprint density at radius 1 is 1.19 bits per heavy atom. The van der Waals surface area contributed by atoms with Crippen molar-refractivity contribution in [3.63, 3.8) is 0 Å². The van der Waals surface area contributed by atoms with E-state index in [0.717, 1.165) is 5.75 Å². The normalized spacial score (nSPS) is 15.6. The standard InChI is InChI=1S/C8H11NS.C5H11N/c1-9-10-7-8-5-3-2-4-6-8;1-6-4-2-3-5-6/h2-6,9H,7H2,1H3;2-5H2,1H3. The Morgan fingerprint density at radius 2 is 1.81 bits per heavy atom. The van der Waals surface area contributed by atoms with Crippen molar-refractivity contribution in [2.24, 2.45) is 0 Å². The molecule has 1 aliphatic rings. The summed E-state index contributed by atoms with van der Waals surface area (Å²) in [5.74, 6) is 1.04. The average molecular weight is 238 g/mol. The third kappa shape index (κ3) is 6.16. The zero-order valence-corrected chi connectivity index (χ0v) is 11.1. The van der Waals surface area contributed by atoms with E-state index >= 15 is 0 Å². The number of hydrogen-bond acceptors (Lipinski definition) is 3. The van der Waals surface area contributed by atoms with Crippen LogP contribution in [0.5, 0.6) is 0 Å². The van der Waals surface area contributed by atoms with E-state index in [4.69, 9.17) is 0 Å². The predicted molar refractivity (Wildman–Crippen MR) is 73.5 cm³/mol. The summed E-state index contributed by atoms with van der Waals surface area (Å²) in [7, 11) is 4.11. The minimum Gasteiger partial charge on any atom is -0.306 e. The monoisotopic (exact) mass is 238 g/mol. The third-order valence-corrected chi connectivity index (χ3v) is 3.32. The second-order valence-corrected chi connectivity index (χ2v) is 4.97. The lowest BCUT2D eigenvalue weighted by atomic mass is 10.2. The lowest BCUT2D eigenvalue weighted by Crippen LogP contribution is -2.10. The fraction of sp³-hybridized carbons (Fsp3) is 0.538. The molecule has 0 saturated carbocycles. The molecule has 1 heterocycles. The minimum atomic E-state index is 1.04. The number of rotatable bonds is 3. The van der Waals surface area contributed by atoms with E-state index in [0.29, 0.717) is 0 Å². The van der Waals surface area contributed by atoms with E-state index < -0.39 is 0 Å². The molecule has 90 valence electrons. The van der Waals surface area contributed by atoms with Gasteiger partial charge in [-0.1, -0.05) is 42.3 Å². The second kappa shape index (κ2) is 8.62. The largest absolute Gasteiger partial charge is 0.306 e. The maximum Gasteiger partial charge on any atom is 0.0330 e. The molecule has 2 rings (SSSR count). The molecule has 1 saturated heterocycles. The van der Waals surface area contributed by atoms with Crippen molar-refractivity contribution in [2.45, 2.75) is 18.6 Å². The Bertz CT molecular complexity index is 258. The molecular formula is C13H22N2S. The van der Waals surface area contributed by atoms with Gasteiger partial charge in [-0.15, -0.1) is 0 Å². The van der Waals surface area contributed by atoms with Crippen molar-refractivity contribution in [3.8, 4) is 0 Å². The van der Waals surface area contributed by atoms with Gasteiger partial charge >= 0.3 is 0 Å². The predicted octanol–water partition coefficient (Wildman–Crippen LogP) is 2.77. The molecule has 0 bridgehead atoms. The Morgan fingerprint density at radius 3 is 2.25 bits per heavy atom. The Balaban J connectivity index is 0.000000181. The molecule has 1 N–H and O–H groups in total. The molecular weight excluding hydrogens is 216 g/mol. The van der Waals surface area contributed by atoms with Crippen LogP contribution in [0.2, 0.25) is 0 Å². The fourth-order valence-corrected chi connectivity index (χ4v) is 2.11. The van der Waals surface area contributed by atoms with Gasteiger partial charge in [-0.25, -0.2) is 0 Å². The molecule has 1 aliphatic heterocycles. The number of nitrogens with zero attached hydrogens (tertiary/aromatic N) is 1. The van der Waals surface area contributed by atoms with E-state index in [1.165, 1.54) is 31.5 Å². The lowest BCUT2D eigenvalue weighted by Gasteiger charge is -2.01. The van der Waals surface area contributed by atoms with Crippen LogP contribution in [0.3, 0.4) is 0 Å². The van der Waals surface area contributed by atoms with Gasteiger partial charge in [0.15, 0.2) is 0 Å². The maximum atomic E-state index is 3.03. The summed E-state index contributed by atoms with van der Waals surface area (Å²) in [6.45, 7) is 2.64. The smallest absolute Gasteiger partial charge is 0.0330 e. The maximum absolute atomic E-state index is 3.03. The molecule has 16 heavy (non-hydrogen) atoms. The summed E-state index contributed by atoms with van der Waals surface area (Å²) in [6, 6.07) is 10.4. The van der Waals surface area contributed by atoms with Crippen LogP contribution in [-0.4, -0.2) is 32.1 Å². The van der Waals surface area contributed by atoms with Crippen molar-refractivity contribution < 1.29 is 0 Å². The highest BCUT2D eigenvalue weighted by atomic mass is 32.2. The van der Waals surface area contributed by atoms with Gasteiger partial charge in [-0.05, 0) is 45.6 Å². The van der Waals surface area contributed by atoms with Crippen LogP contribution in [0, 0.1) is 0 Å². The van der Waals surface area contributed by atoms with Gasteiger partial charge in [-0.3, -0.25) is 4.72 Å². The highest BCUT2D eigenvalue weighted by molar-refractivity contribution is 7.96. The van der Waals surface area contributed by atoms with Crippen molar-refractivity contribution in [1.29, 1.82) is 0 Å². The zero-order valence-electron chi connectivity index (χ0n) is 10.3. The molecule has 1 fully saturated rings. The first-order valence-corrected chi connectivity index (χ1v) is 6.82. The van der Waals surface area contributed by atoms with E-state index in [1.807, 2.05) is 13.1 Å². The van der Waals surface area contributed by atoms with E-state index in [-0.39, 0.29) is 0 Å². The SMILES string of the molecule is CN1CCCC1.CNSCc1ccccc1. The molecule has 1 aromatic rings. The number of hydrogen-bond donors (Lipinski definition) is 1. The van der Waals surface area contributed by atoms with Gasteiger partial charge in [0.05, 0.1) is 0 Å². The van der Waals surface area contributed by atoms with Crippen LogP contribution in [0.15, 0.2) is 30.3 Å². The first-order chi connectivity index (χ1) is 7.83. The van der Waals surface area contributed by atoms with Crippen LogP contribution in [0.4, 0.5) is 0 Å². The van der Waals surface area contributed by atoms with Crippen LogP contribution < -0.4 is 4.72 Å². The molecule has 0 amide bonds. The van der Waals surface area contributed by atoms with Crippen LogP contribution in [-0.2, 0) is 5.75 Å². The fourth-order valence-electron chi connectivity index (χ4n) is 1.60. The van der Waals surface area contributed by atoms with Gasteiger partial charge in [0, 0.05) is 5.75 Å². The summed E-state index contributed by atoms with van der Waals surface area (Å²) in [5, 5.41) is 0. The molecule has 0 spiro atoms. The molecule has 0 aliphatic carbocycles. The Hall–Kier alpha value is -0.510. The molecule has 0 unspecified atom stereocenters. The summed E-state index contributed by atoms with van der Waals surface area (Å²) in [4.78, 5) is 2.36. The number of benzene rings is 1. The van der Waals surface area contributed by atoms with Crippen molar-refractivity contribution in [1.82, 2.24) is 9.62 Å². The first kappa shape index (κ1) is 13.6. The van der Waals surface area contributed by atoms with Gasteiger partial charge in [0.1, 0.15) is 0 Å². The number of nitrogens with one attached hydrogen (secondary N) is 1. The Labute approximate surface area is 104 Å². The van der Waals surface area contributed by atoms with Gasteiger partial charge in [-0.2, -0.15) is 0 Å². The summed E-state index contributed by atoms with van der Waals surface area (Å²) >= 11 is 1.71. The minimum absolute atomic E-state index is 1.04. The highest BCUT2D eigenvalue weighted by Gasteiger charge is 2.03. The summed E-state index contributed by atoms with van der Waals surface area (Å²) in [5.41, 5.74) is 1.36. The van der Waals surface area contributed by atoms with Crippen molar-refractivity contribution in [3.05, 3.63) is 35.9 Å². The number of likely N-dealkylation sites (tertiary alicyclic amines) is 1. The molecule has 0 aromatic heterocycles. The lowest BCUT2D eigenvalue weighted by molar-refractivity contribution is 0.418. The van der Waals surface area contributed by atoms with Gasteiger partial charge in [0.25, 0.3) is 0 Å². The highest BCUT2D eigenvalue weighted by Crippen LogP contribution is 2.06. The first-order valence-electron chi connectivity index (χ1n) is 5.84. The van der Waals surface area contributed by atoms with Crippen LogP contribution >= 0.6 is 11.9 Å². The topological polar surface area (TPSA) is 15.3 Å². The molecule has 3 heteroatoms. The Kier molecular flexibility index (Phi) is 7.30. The van der Waals surface area contributed by atoms with Gasteiger partial charge in [0.2, 0.25) is 0 Å². The molecule has 0 radical (unpaired) electrons. The van der Waals surface area contributed by atoms with E-state index in [2.05, 4.69) is 40.9 Å². The third-order valence-electron chi connectivity index (χ3n) is 2.56. The second-order valence-electron chi connectivity index (χ2n) is 3.99. The van der Waals surface area contributed by atoms with Gasteiger partial charge < -0.3 is 4.90 Å². The van der Waals surface area contributed by atoms with Crippen LogP contribution in [0.25, 0.3) is 0 Å². The van der Waals surface area contributed by atoms with E-state index in [1.54, 1.807) is 11.9 Å². The van der Waals surface area contributed by atoms with Crippen molar-refractivity contribution >= 4 is 11.9 Å². The zero-order chi connectivity index (χ0) is 11.6. The summed E-state index contributed by atoms with van der Waals surface area (Å²) in [6.07, 6.45) is 2.83. The van der Waals surface area contributed by atoms with Crippen LogP contribution in [0.1, 0.15) is 18.4 Å². The summed E-state index contributed by atoms with van der Waals surface area (Å²) < 4.78 is 3.03. The molecule has 0 atom stereocenters.